The van der Waals surface area contributed by atoms with Crippen LogP contribution in [0.5, 0.6) is 0 Å². The summed E-state index contributed by atoms with van der Waals surface area (Å²) in [6.07, 6.45) is 0.967. The van der Waals surface area contributed by atoms with Gasteiger partial charge < -0.3 is 5.11 Å². The molecule has 2 unspecified atom stereocenters. The minimum atomic E-state index is -3.31. The van der Waals surface area contributed by atoms with Gasteiger partial charge in [0.2, 0.25) is 0 Å². The highest BCUT2D eigenvalue weighted by atomic mass is 32.2. The first-order valence-corrected chi connectivity index (χ1v) is 5.49. The molecule has 0 aliphatic carbocycles. The maximum absolute atomic E-state index is 10.6. The quantitative estimate of drug-likeness (QED) is 0.602. The summed E-state index contributed by atoms with van der Waals surface area (Å²) in [6, 6.07) is 0. The number of sulfone groups is 1. The van der Waals surface area contributed by atoms with Gasteiger partial charge in [0, 0.05) is 6.26 Å². The van der Waals surface area contributed by atoms with Crippen LogP contribution in [-0.4, -0.2) is 36.7 Å². The second kappa shape index (κ2) is 3.17. The van der Waals surface area contributed by atoms with Gasteiger partial charge in [-0.2, -0.15) is 0 Å². The van der Waals surface area contributed by atoms with E-state index in [9.17, 15) is 18.3 Å². The van der Waals surface area contributed by atoms with Crippen LogP contribution in [0.25, 0.3) is 0 Å². The average molecular weight is 198 g/mol. The zero-order valence-electron chi connectivity index (χ0n) is 6.36. The van der Waals surface area contributed by atoms with E-state index in [0.29, 0.717) is 0 Å². The molecule has 0 rings (SSSR count). The Bertz CT molecular complexity index is 254. The molecule has 0 bridgehead atoms. The lowest BCUT2D eigenvalue weighted by molar-refractivity contribution is -0.124. The zero-order chi connectivity index (χ0) is 9.28. The van der Waals surface area contributed by atoms with Gasteiger partial charge in [-0.15, -0.1) is 0 Å². The Labute approximate surface area is 68.1 Å². The fourth-order valence-electron chi connectivity index (χ4n) is 0.582. The zero-order valence-corrected chi connectivity index (χ0v) is 8.34. The molecule has 0 aromatic heterocycles. The number of carbonyl (C=O) groups is 1. The summed E-state index contributed by atoms with van der Waals surface area (Å²) in [5.74, 6) is -0.539. The smallest absolute Gasteiger partial charge is 0.180 e. The fraction of sp³-hybridized carbons (Fsp3) is 0.800. The highest BCUT2D eigenvalue weighted by Crippen LogP contribution is 2.11. The second-order valence-corrected chi connectivity index (χ2v) is 5.37. The molecule has 0 fully saturated rings. The first kappa shape index (κ1) is 11.0. The van der Waals surface area contributed by atoms with Crippen molar-refractivity contribution in [2.24, 2.45) is 0 Å². The lowest BCUT2D eigenvalue weighted by atomic mass is 10.2. The molecule has 66 valence electrons. The van der Waals surface area contributed by atoms with E-state index in [1.807, 2.05) is 0 Å². The summed E-state index contributed by atoms with van der Waals surface area (Å²) in [5, 5.41) is 9.18. The third kappa shape index (κ3) is 4.45. The highest BCUT2D eigenvalue weighted by Gasteiger charge is 2.30. The Morgan fingerprint density at radius 1 is 1.64 bits per heavy atom. The van der Waals surface area contributed by atoms with E-state index < -0.39 is 26.7 Å². The predicted molar refractivity (Wildman–Crippen MR) is 45.1 cm³/mol. The van der Waals surface area contributed by atoms with Crippen LogP contribution < -0.4 is 0 Å². The summed E-state index contributed by atoms with van der Waals surface area (Å²) in [5.41, 5.74) is -2.40. The fourth-order valence-corrected chi connectivity index (χ4v) is 2.00. The van der Waals surface area contributed by atoms with E-state index in [-0.39, 0.29) is 0 Å². The van der Waals surface area contributed by atoms with Crippen molar-refractivity contribution in [1.82, 2.24) is 0 Å². The topological polar surface area (TPSA) is 71.4 Å². The largest absolute Gasteiger partial charge is 0.381 e. The Hall–Kier alpha value is 0.01000. The molecule has 0 saturated heterocycles. The maximum atomic E-state index is 10.6. The Balaban J connectivity index is 4.51. The van der Waals surface area contributed by atoms with Crippen molar-refractivity contribution in [3.63, 3.8) is 0 Å². The molecule has 0 amide bonds. The highest BCUT2D eigenvalue weighted by molar-refractivity contribution is 7.90. The molecule has 6 heteroatoms. The van der Waals surface area contributed by atoms with E-state index in [1.165, 1.54) is 6.92 Å². The summed E-state index contributed by atoms with van der Waals surface area (Å²) in [6.45, 7) is 1.17. The first-order chi connectivity index (χ1) is 4.65. The van der Waals surface area contributed by atoms with Gasteiger partial charge in [0.25, 0.3) is 0 Å². The Morgan fingerprint density at radius 3 is 2.09 bits per heavy atom. The Kier molecular flexibility index (Phi) is 3.17. The van der Waals surface area contributed by atoms with Gasteiger partial charge in [0.15, 0.2) is 15.4 Å². The van der Waals surface area contributed by atoms with Crippen LogP contribution in [0.3, 0.4) is 0 Å². The van der Waals surface area contributed by atoms with Crippen molar-refractivity contribution in [2.75, 3.05) is 12.0 Å². The molecule has 0 aliphatic rings. The van der Waals surface area contributed by atoms with Crippen LogP contribution in [-0.2, 0) is 14.6 Å². The summed E-state index contributed by atoms with van der Waals surface area (Å²) in [7, 11) is -1.56. The number of aliphatic hydroxyl groups is 1. The van der Waals surface area contributed by atoms with Crippen LogP contribution in [0.4, 0.5) is 0 Å². The van der Waals surface area contributed by atoms with E-state index in [2.05, 4.69) is 0 Å². The van der Waals surface area contributed by atoms with Crippen LogP contribution in [0.2, 0.25) is 0 Å². The van der Waals surface area contributed by atoms with Gasteiger partial charge >= 0.3 is 0 Å². The van der Waals surface area contributed by atoms with Crippen molar-refractivity contribution < 1.29 is 18.3 Å². The lowest BCUT2D eigenvalue weighted by Crippen LogP contribution is -2.38. The molecule has 0 saturated carbocycles. The molecular weight excluding hydrogens is 187 g/mol. The number of rotatable bonds is 3. The van der Waals surface area contributed by atoms with Crippen molar-refractivity contribution in [3.8, 4) is 0 Å². The molecule has 1 N–H and O–H groups in total. The van der Waals surface area contributed by atoms with Gasteiger partial charge in [-0.3, -0.25) is 4.79 Å². The van der Waals surface area contributed by atoms with Crippen molar-refractivity contribution >= 4 is 24.6 Å². The van der Waals surface area contributed by atoms with E-state index in [4.69, 9.17) is 0 Å². The summed E-state index contributed by atoms with van der Waals surface area (Å²) >= 11 is 0. The third-order valence-electron chi connectivity index (χ3n) is 1.07. The molecular formula is C5H11O4PS. The second-order valence-electron chi connectivity index (χ2n) is 2.71. The van der Waals surface area contributed by atoms with Crippen LogP contribution in [0.15, 0.2) is 0 Å². The molecule has 4 nitrogen and oxygen atoms in total. The van der Waals surface area contributed by atoms with E-state index >= 15 is 0 Å². The van der Waals surface area contributed by atoms with Crippen LogP contribution >= 0.6 is 9.24 Å². The van der Waals surface area contributed by atoms with Gasteiger partial charge in [-0.1, -0.05) is 9.24 Å². The number of hydrogen-bond acceptors (Lipinski definition) is 4. The minimum Gasteiger partial charge on any atom is -0.381 e. The van der Waals surface area contributed by atoms with Gasteiger partial charge in [-0.05, 0) is 6.92 Å². The van der Waals surface area contributed by atoms with E-state index in [0.717, 1.165) is 6.26 Å². The predicted octanol–water partition coefficient (Wildman–Crippen LogP) is -0.816. The molecule has 0 aliphatic heterocycles. The minimum absolute atomic E-state index is 0.539. The summed E-state index contributed by atoms with van der Waals surface area (Å²) in [4.78, 5) is 10.6. The molecule has 2 atom stereocenters. The Morgan fingerprint density at radius 2 is 2.00 bits per heavy atom. The maximum Gasteiger partial charge on any atom is 0.180 e. The molecule has 0 spiro atoms. The number of hydrogen-bond donors (Lipinski definition) is 1. The van der Waals surface area contributed by atoms with Crippen LogP contribution in [0, 0.1) is 0 Å². The first-order valence-electron chi connectivity index (χ1n) is 2.85. The van der Waals surface area contributed by atoms with Gasteiger partial charge in [-0.25, -0.2) is 8.42 Å². The molecule has 0 radical (unpaired) electrons. The lowest BCUT2D eigenvalue weighted by Gasteiger charge is -2.17. The SMILES string of the molecule is CC(O)(CS(C)(=O)=O)C(=O)P. The van der Waals surface area contributed by atoms with Gasteiger partial charge in [0.1, 0.15) is 5.60 Å². The third-order valence-corrected chi connectivity index (χ3v) is 2.78. The van der Waals surface area contributed by atoms with Crippen molar-refractivity contribution in [2.45, 2.75) is 12.5 Å². The monoisotopic (exact) mass is 198 g/mol. The normalized spacial score (nSPS) is 17.5. The van der Waals surface area contributed by atoms with Crippen LogP contribution in [0.1, 0.15) is 6.92 Å². The van der Waals surface area contributed by atoms with Crippen molar-refractivity contribution in [3.05, 3.63) is 0 Å². The molecule has 0 heterocycles. The number of carbonyl (C=O) groups excluding carboxylic acids is 1. The van der Waals surface area contributed by atoms with E-state index in [1.54, 1.807) is 9.24 Å². The molecule has 11 heavy (non-hydrogen) atoms. The standard InChI is InChI=1S/C5H11O4PS/c1-5(7,4(6)10)3-11(2,8)9/h7H,3,10H2,1-2H3. The van der Waals surface area contributed by atoms with Crippen molar-refractivity contribution in [1.29, 1.82) is 0 Å². The molecule has 0 aromatic carbocycles. The summed E-state index contributed by atoms with van der Waals surface area (Å²) < 4.78 is 21.3. The molecule has 0 aromatic rings. The average Bonchev–Trinajstić information content (AvgIpc) is 1.56. The van der Waals surface area contributed by atoms with Gasteiger partial charge in [0.05, 0.1) is 5.75 Å².